The molecule has 0 radical (unpaired) electrons. The molecule has 0 saturated carbocycles. The van der Waals surface area contributed by atoms with Gasteiger partial charge in [-0.15, -0.1) is 0 Å². The summed E-state index contributed by atoms with van der Waals surface area (Å²) in [6, 6.07) is 0. The second kappa shape index (κ2) is 4.06. The van der Waals surface area contributed by atoms with Crippen molar-refractivity contribution < 1.29 is 0 Å². The summed E-state index contributed by atoms with van der Waals surface area (Å²) in [5.74, 6) is 0.761. The highest BCUT2D eigenvalue weighted by Crippen LogP contribution is 2.03. The highest BCUT2D eigenvalue weighted by molar-refractivity contribution is 7.80. The Kier molecular flexibility index (Phi) is 2.77. The number of rotatable bonds is 3. The zero-order valence-electron chi connectivity index (χ0n) is 8.42. The quantitative estimate of drug-likeness (QED) is 0.770. The largest absolute Gasteiger partial charge is 0.299 e. The minimum absolute atomic E-state index is 0.0325. The molecule has 0 unspecified atom stereocenters. The number of thiol groups is 1. The number of fused-ring (bicyclic) bond motifs is 1. The van der Waals surface area contributed by atoms with Crippen molar-refractivity contribution in [2.24, 2.45) is 7.05 Å². The van der Waals surface area contributed by atoms with E-state index in [0.29, 0.717) is 17.6 Å². The molecule has 0 N–H and O–H groups in total. The Morgan fingerprint density at radius 2 is 2.33 bits per heavy atom. The molecule has 0 spiro atoms. The Hall–Kier alpha value is -1.30. The van der Waals surface area contributed by atoms with Gasteiger partial charge in [-0.2, -0.15) is 17.7 Å². The van der Waals surface area contributed by atoms with E-state index in [9.17, 15) is 4.79 Å². The summed E-state index contributed by atoms with van der Waals surface area (Å²) in [6.45, 7) is 0.653. The van der Waals surface area contributed by atoms with Crippen LogP contribution in [-0.2, 0) is 13.6 Å². The van der Waals surface area contributed by atoms with Crippen LogP contribution in [0.3, 0.4) is 0 Å². The molecule has 2 heterocycles. The monoisotopic (exact) mass is 224 g/mol. The van der Waals surface area contributed by atoms with Gasteiger partial charge in [0.2, 0.25) is 0 Å². The minimum Gasteiger partial charge on any atom is -0.299 e. The third kappa shape index (κ3) is 1.77. The van der Waals surface area contributed by atoms with Gasteiger partial charge < -0.3 is 0 Å². The van der Waals surface area contributed by atoms with E-state index >= 15 is 0 Å². The molecule has 6 heteroatoms. The van der Waals surface area contributed by atoms with E-state index in [1.807, 2.05) is 0 Å². The van der Waals surface area contributed by atoms with Crippen LogP contribution in [-0.4, -0.2) is 25.1 Å². The van der Waals surface area contributed by atoms with Crippen molar-refractivity contribution in [2.45, 2.75) is 13.0 Å². The molecular weight excluding hydrogens is 212 g/mol. The highest BCUT2D eigenvalue weighted by Gasteiger charge is 2.06. The highest BCUT2D eigenvalue weighted by atomic mass is 32.1. The van der Waals surface area contributed by atoms with Crippen LogP contribution in [0.25, 0.3) is 11.0 Å². The second-order valence-electron chi connectivity index (χ2n) is 3.33. The van der Waals surface area contributed by atoms with Gasteiger partial charge in [0.1, 0.15) is 5.39 Å². The SMILES string of the molecule is Cn1ncc2c(=O)n(CCCS)cnc21. The molecule has 15 heavy (non-hydrogen) atoms. The molecular formula is C9H12N4OS. The molecule has 0 bridgehead atoms. The van der Waals surface area contributed by atoms with E-state index in [1.165, 1.54) is 0 Å². The van der Waals surface area contributed by atoms with Crippen LogP contribution in [0.5, 0.6) is 0 Å². The van der Waals surface area contributed by atoms with Crippen LogP contribution in [0.15, 0.2) is 17.3 Å². The van der Waals surface area contributed by atoms with E-state index in [4.69, 9.17) is 0 Å². The summed E-state index contributed by atoms with van der Waals surface area (Å²) < 4.78 is 3.19. The third-order valence-corrected chi connectivity index (χ3v) is 2.59. The van der Waals surface area contributed by atoms with Crippen molar-refractivity contribution in [3.63, 3.8) is 0 Å². The van der Waals surface area contributed by atoms with Gasteiger partial charge in [-0.25, -0.2) is 4.98 Å². The molecule has 0 aliphatic heterocycles. The van der Waals surface area contributed by atoms with Crippen LogP contribution in [0.1, 0.15) is 6.42 Å². The number of aromatic nitrogens is 4. The first-order valence-corrected chi connectivity index (χ1v) is 5.35. The van der Waals surface area contributed by atoms with Gasteiger partial charge in [-0.05, 0) is 12.2 Å². The van der Waals surface area contributed by atoms with E-state index in [2.05, 4.69) is 22.7 Å². The molecule has 2 rings (SSSR count). The molecule has 0 fully saturated rings. The van der Waals surface area contributed by atoms with Gasteiger partial charge in [-0.3, -0.25) is 14.0 Å². The molecule has 2 aromatic heterocycles. The van der Waals surface area contributed by atoms with Crippen molar-refractivity contribution in [3.8, 4) is 0 Å². The van der Waals surface area contributed by atoms with E-state index in [-0.39, 0.29) is 5.56 Å². The van der Waals surface area contributed by atoms with Gasteiger partial charge >= 0.3 is 0 Å². The molecule has 0 saturated heterocycles. The molecule has 0 atom stereocenters. The fourth-order valence-electron chi connectivity index (χ4n) is 1.47. The topological polar surface area (TPSA) is 52.7 Å². The maximum Gasteiger partial charge on any atom is 0.264 e. The van der Waals surface area contributed by atoms with Crippen molar-refractivity contribution in [1.29, 1.82) is 0 Å². The summed E-state index contributed by atoms with van der Waals surface area (Å²) in [7, 11) is 1.77. The first kappa shape index (κ1) is 10.2. The summed E-state index contributed by atoms with van der Waals surface area (Å²) in [5.41, 5.74) is 0.594. The predicted molar refractivity (Wildman–Crippen MR) is 61.2 cm³/mol. The first-order valence-electron chi connectivity index (χ1n) is 4.72. The van der Waals surface area contributed by atoms with Gasteiger partial charge in [-0.1, -0.05) is 0 Å². The Morgan fingerprint density at radius 1 is 1.53 bits per heavy atom. The van der Waals surface area contributed by atoms with Crippen LogP contribution >= 0.6 is 12.6 Å². The van der Waals surface area contributed by atoms with Gasteiger partial charge in [0.05, 0.1) is 12.5 Å². The predicted octanol–water partition coefficient (Wildman–Crippen LogP) is 0.450. The van der Waals surface area contributed by atoms with E-state index < -0.39 is 0 Å². The average Bonchev–Trinajstić information content (AvgIpc) is 2.61. The lowest BCUT2D eigenvalue weighted by atomic mass is 10.4. The molecule has 5 nitrogen and oxygen atoms in total. The molecule has 0 amide bonds. The van der Waals surface area contributed by atoms with Crippen molar-refractivity contribution >= 4 is 23.7 Å². The number of aryl methyl sites for hydroxylation is 2. The molecule has 2 aromatic rings. The maximum absolute atomic E-state index is 11.9. The Bertz CT molecular complexity index is 530. The number of hydrogen-bond donors (Lipinski definition) is 1. The van der Waals surface area contributed by atoms with Gasteiger partial charge in [0, 0.05) is 13.6 Å². The molecule has 0 aliphatic rings. The zero-order chi connectivity index (χ0) is 10.8. The number of nitrogens with zero attached hydrogens (tertiary/aromatic N) is 4. The Morgan fingerprint density at radius 3 is 3.07 bits per heavy atom. The van der Waals surface area contributed by atoms with E-state index in [1.54, 1.807) is 28.8 Å². The van der Waals surface area contributed by atoms with Crippen molar-refractivity contribution in [1.82, 2.24) is 19.3 Å². The lowest BCUT2D eigenvalue weighted by molar-refractivity contribution is 0.650. The Labute approximate surface area is 92.1 Å². The van der Waals surface area contributed by atoms with Crippen LogP contribution in [0.2, 0.25) is 0 Å². The average molecular weight is 224 g/mol. The minimum atomic E-state index is -0.0325. The first-order chi connectivity index (χ1) is 7.24. The van der Waals surface area contributed by atoms with E-state index in [0.717, 1.165) is 12.2 Å². The Balaban J connectivity index is 2.51. The standard InChI is InChI=1S/C9H12N4OS/c1-12-8-7(5-11-12)9(14)13(6-10-8)3-2-4-15/h5-6,15H,2-4H2,1H3. The van der Waals surface area contributed by atoms with Gasteiger partial charge in [0.15, 0.2) is 5.65 Å². The van der Waals surface area contributed by atoms with Crippen LogP contribution < -0.4 is 5.56 Å². The molecule has 0 aromatic carbocycles. The fourth-order valence-corrected chi connectivity index (χ4v) is 1.61. The summed E-state index contributed by atoms with van der Waals surface area (Å²) in [4.78, 5) is 16.1. The summed E-state index contributed by atoms with van der Waals surface area (Å²) in [5, 5.41) is 4.57. The molecule has 0 aliphatic carbocycles. The molecule has 80 valence electrons. The van der Waals surface area contributed by atoms with Crippen molar-refractivity contribution in [3.05, 3.63) is 22.9 Å². The number of hydrogen-bond acceptors (Lipinski definition) is 4. The summed E-state index contributed by atoms with van der Waals surface area (Å²) in [6.07, 6.45) is 3.98. The lowest BCUT2D eigenvalue weighted by Crippen LogP contribution is -2.20. The third-order valence-electron chi connectivity index (χ3n) is 2.28. The van der Waals surface area contributed by atoms with Crippen molar-refractivity contribution in [2.75, 3.05) is 5.75 Å². The van der Waals surface area contributed by atoms with Crippen LogP contribution in [0.4, 0.5) is 0 Å². The second-order valence-corrected chi connectivity index (χ2v) is 3.77. The fraction of sp³-hybridized carbons (Fsp3) is 0.444. The summed E-state index contributed by atoms with van der Waals surface area (Å²) >= 11 is 4.11. The van der Waals surface area contributed by atoms with Gasteiger partial charge in [0.25, 0.3) is 5.56 Å². The zero-order valence-corrected chi connectivity index (χ0v) is 9.31. The normalized spacial score (nSPS) is 11.1. The lowest BCUT2D eigenvalue weighted by Gasteiger charge is -2.02. The van der Waals surface area contributed by atoms with Crippen LogP contribution in [0, 0.1) is 0 Å². The maximum atomic E-state index is 11.9. The smallest absolute Gasteiger partial charge is 0.264 e.